The maximum atomic E-state index is 5.68. The second-order valence-electron chi connectivity index (χ2n) is 3.59. The first-order chi connectivity index (χ1) is 6.83. The second-order valence-corrected chi connectivity index (χ2v) is 3.59. The summed E-state index contributed by atoms with van der Waals surface area (Å²) < 4.78 is 1.88. The molecule has 2 aromatic heterocycles. The van der Waals surface area contributed by atoms with Gasteiger partial charge in [0, 0.05) is 18.4 Å². The molecule has 3 rings (SSSR count). The van der Waals surface area contributed by atoms with Crippen LogP contribution in [0.4, 0.5) is 11.6 Å². The Morgan fingerprint density at radius 1 is 1.50 bits per heavy atom. The molecule has 14 heavy (non-hydrogen) atoms. The van der Waals surface area contributed by atoms with Crippen LogP contribution in [0.2, 0.25) is 0 Å². The average Bonchev–Trinajstić information content (AvgIpc) is 2.81. The molecule has 5 heteroatoms. The first kappa shape index (κ1) is 7.61. The van der Waals surface area contributed by atoms with Crippen molar-refractivity contribution in [3.05, 3.63) is 18.6 Å². The summed E-state index contributed by atoms with van der Waals surface area (Å²) in [5, 5.41) is 3.31. The van der Waals surface area contributed by atoms with Crippen LogP contribution in [-0.2, 0) is 0 Å². The molecule has 72 valence electrons. The number of nitrogens with two attached hydrogens (primary N) is 1. The molecule has 0 aromatic carbocycles. The molecule has 0 radical (unpaired) electrons. The van der Waals surface area contributed by atoms with E-state index < -0.39 is 0 Å². The van der Waals surface area contributed by atoms with Crippen molar-refractivity contribution < 1.29 is 0 Å². The van der Waals surface area contributed by atoms with Gasteiger partial charge in [-0.2, -0.15) is 0 Å². The van der Waals surface area contributed by atoms with Crippen LogP contribution < -0.4 is 11.1 Å². The molecule has 1 aliphatic rings. The zero-order valence-electron chi connectivity index (χ0n) is 7.64. The predicted molar refractivity (Wildman–Crippen MR) is 54.0 cm³/mol. The minimum absolute atomic E-state index is 0.513. The minimum Gasteiger partial charge on any atom is -0.382 e. The zero-order chi connectivity index (χ0) is 9.54. The molecular formula is C9H11N5. The minimum atomic E-state index is 0.513. The fraction of sp³-hybridized carbons (Fsp3) is 0.333. The van der Waals surface area contributed by atoms with Crippen LogP contribution in [0.5, 0.6) is 0 Å². The molecular weight excluding hydrogens is 178 g/mol. The third kappa shape index (κ3) is 1.17. The van der Waals surface area contributed by atoms with E-state index in [0.717, 1.165) is 11.5 Å². The van der Waals surface area contributed by atoms with Crippen molar-refractivity contribution in [1.29, 1.82) is 0 Å². The molecule has 0 saturated heterocycles. The van der Waals surface area contributed by atoms with Gasteiger partial charge in [0.15, 0.2) is 11.5 Å². The Morgan fingerprint density at radius 3 is 3.14 bits per heavy atom. The van der Waals surface area contributed by atoms with Crippen molar-refractivity contribution in [3.63, 3.8) is 0 Å². The van der Waals surface area contributed by atoms with Gasteiger partial charge in [0.25, 0.3) is 0 Å². The summed E-state index contributed by atoms with van der Waals surface area (Å²) in [7, 11) is 0. The van der Waals surface area contributed by atoms with E-state index in [1.807, 2.05) is 10.6 Å². The number of nitrogen functional groups attached to an aromatic ring is 1. The molecule has 0 bridgehead atoms. The van der Waals surface area contributed by atoms with Gasteiger partial charge in [-0.3, -0.25) is 0 Å². The molecule has 1 aliphatic carbocycles. The number of aromatic nitrogens is 3. The van der Waals surface area contributed by atoms with Gasteiger partial charge in [-0.25, -0.2) is 9.97 Å². The first-order valence-electron chi connectivity index (χ1n) is 4.68. The van der Waals surface area contributed by atoms with Gasteiger partial charge in [-0.15, -0.1) is 0 Å². The second kappa shape index (κ2) is 2.60. The Balaban J connectivity index is 2.13. The van der Waals surface area contributed by atoms with E-state index in [0.29, 0.717) is 11.9 Å². The lowest BCUT2D eigenvalue weighted by atomic mass is 10.5. The monoisotopic (exact) mass is 189 g/mol. The van der Waals surface area contributed by atoms with E-state index in [4.69, 9.17) is 5.73 Å². The summed E-state index contributed by atoms with van der Waals surface area (Å²) in [5.74, 6) is 1.30. The molecule has 2 heterocycles. The molecule has 0 unspecified atom stereocenters. The van der Waals surface area contributed by atoms with E-state index in [2.05, 4.69) is 15.3 Å². The van der Waals surface area contributed by atoms with Crippen LogP contribution in [-0.4, -0.2) is 20.4 Å². The van der Waals surface area contributed by atoms with Gasteiger partial charge in [0.05, 0.1) is 6.20 Å². The number of imidazole rings is 1. The number of hydrogen-bond donors (Lipinski definition) is 2. The molecule has 0 spiro atoms. The molecule has 0 amide bonds. The lowest BCUT2D eigenvalue weighted by Gasteiger charge is -2.05. The summed E-state index contributed by atoms with van der Waals surface area (Å²) in [6.07, 6.45) is 7.80. The number of fused-ring (bicyclic) bond motifs is 1. The van der Waals surface area contributed by atoms with Gasteiger partial charge in [0.2, 0.25) is 0 Å². The number of nitrogens with one attached hydrogen (secondary N) is 1. The summed E-state index contributed by atoms with van der Waals surface area (Å²) in [6.45, 7) is 0. The topological polar surface area (TPSA) is 68.2 Å². The van der Waals surface area contributed by atoms with Gasteiger partial charge >= 0.3 is 0 Å². The fourth-order valence-corrected chi connectivity index (χ4v) is 1.47. The maximum absolute atomic E-state index is 5.68. The van der Waals surface area contributed by atoms with E-state index in [-0.39, 0.29) is 0 Å². The van der Waals surface area contributed by atoms with Crippen molar-refractivity contribution in [2.45, 2.75) is 18.9 Å². The highest BCUT2D eigenvalue weighted by Crippen LogP contribution is 2.25. The van der Waals surface area contributed by atoms with Crippen molar-refractivity contribution >= 4 is 17.3 Å². The fourth-order valence-electron chi connectivity index (χ4n) is 1.47. The van der Waals surface area contributed by atoms with Crippen LogP contribution in [0.3, 0.4) is 0 Å². The van der Waals surface area contributed by atoms with Gasteiger partial charge < -0.3 is 15.5 Å². The summed E-state index contributed by atoms with van der Waals surface area (Å²) >= 11 is 0. The quantitative estimate of drug-likeness (QED) is 0.736. The summed E-state index contributed by atoms with van der Waals surface area (Å²) in [5.41, 5.74) is 6.52. The van der Waals surface area contributed by atoms with Crippen LogP contribution in [0.25, 0.3) is 5.65 Å². The SMILES string of the molecule is Nc1cn2ccnc2c(NC2CC2)n1. The number of anilines is 2. The largest absolute Gasteiger partial charge is 0.382 e. The third-order valence-corrected chi connectivity index (χ3v) is 2.31. The van der Waals surface area contributed by atoms with Crippen LogP contribution >= 0.6 is 0 Å². The highest BCUT2D eigenvalue weighted by Gasteiger charge is 2.22. The van der Waals surface area contributed by atoms with E-state index in [1.54, 1.807) is 12.4 Å². The van der Waals surface area contributed by atoms with Crippen molar-refractivity contribution in [3.8, 4) is 0 Å². The number of nitrogens with zero attached hydrogens (tertiary/aromatic N) is 3. The predicted octanol–water partition coefficient (Wildman–Crippen LogP) is 0.886. The Hall–Kier alpha value is -1.78. The smallest absolute Gasteiger partial charge is 0.180 e. The number of hydrogen-bond acceptors (Lipinski definition) is 4. The zero-order valence-corrected chi connectivity index (χ0v) is 7.64. The van der Waals surface area contributed by atoms with E-state index in [9.17, 15) is 0 Å². The van der Waals surface area contributed by atoms with Crippen molar-refractivity contribution in [1.82, 2.24) is 14.4 Å². The molecule has 0 aliphatic heterocycles. The van der Waals surface area contributed by atoms with Crippen molar-refractivity contribution in [2.75, 3.05) is 11.1 Å². The lowest BCUT2D eigenvalue weighted by molar-refractivity contribution is 1.08. The van der Waals surface area contributed by atoms with Crippen LogP contribution in [0, 0.1) is 0 Å². The summed E-state index contributed by atoms with van der Waals surface area (Å²) in [6, 6.07) is 0.560. The van der Waals surface area contributed by atoms with Gasteiger partial charge in [-0.05, 0) is 12.8 Å². The Labute approximate surface area is 81.0 Å². The summed E-state index contributed by atoms with van der Waals surface area (Å²) in [4.78, 5) is 8.46. The molecule has 2 aromatic rings. The first-order valence-corrected chi connectivity index (χ1v) is 4.68. The van der Waals surface area contributed by atoms with Gasteiger partial charge in [0.1, 0.15) is 5.82 Å². The average molecular weight is 189 g/mol. The van der Waals surface area contributed by atoms with E-state index in [1.165, 1.54) is 12.8 Å². The molecule has 5 nitrogen and oxygen atoms in total. The lowest BCUT2D eigenvalue weighted by Crippen LogP contribution is -2.07. The van der Waals surface area contributed by atoms with E-state index >= 15 is 0 Å². The Bertz CT molecular complexity index is 471. The van der Waals surface area contributed by atoms with Crippen LogP contribution in [0.15, 0.2) is 18.6 Å². The van der Waals surface area contributed by atoms with Crippen LogP contribution in [0.1, 0.15) is 12.8 Å². The maximum Gasteiger partial charge on any atom is 0.180 e. The molecule has 3 N–H and O–H groups in total. The molecule has 0 atom stereocenters. The highest BCUT2D eigenvalue weighted by molar-refractivity contribution is 5.65. The standard InChI is InChI=1S/C9H11N5/c10-7-5-14-4-3-11-9(14)8(13-7)12-6-1-2-6/h3-6H,1-2,10H2,(H,12,13). The Morgan fingerprint density at radius 2 is 2.36 bits per heavy atom. The Kier molecular flexibility index (Phi) is 1.41. The van der Waals surface area contributed by atoms with Crippen molar-refractivity contribution in [2.24, 2.45) is 0 Å². The third-order valence-electron chi connectivity index (χ3n) is 2.31. The highest BCUT2D eigenvalue weighted by atomic mass is 15.1. The van der Waals surface area contributed by atoms with Gasteiger partial charge in [-0.1, -0.05) is 0 Å². The number of rotatable bonds is 2. The molecule has 1 fully saturated rings. The molecule has 1 saturated carbocycles. The normalized spacial score (nSPS) is 16.0.